The molecule has 0 aromatic heterocycles. The van der Waals surface area contributed by atoms with Gasteiger partial charge in [0.15, 0.2) is 10.8 Å². The number of benzene rings is 1. The summed E-state index contributed by atoms with van der Waals surface area (Å²) in [5.41, 5.74) is -2.54. The zero-order valence-corrected chi connectivity index (χ0v) is 13.4. The molecule has 2 saturated heterocycles. The molecule has 2 bridgehead atoms. The lowest BCUT2D eigenvalue weighted by atomic mass is 9.53. The molecule has 2 aliphatic heterocycles. The van der Waals surface area contributed by atoms with Gasteiger partial charge in [0, 0.05) is 6.92 Å². The summed E-state index contributed by atoms with van der Waals surface area (Å²) < 4.78 is 11.5. The fourth-order valence-electron chi connectivity index (χ4n) is 4.01. The fourth-order valence-corrected chi connectivity index (χ4v) is 4.01. The molecule has 2 heterocycles. The molecule has 1 aromatic carbocycles. The van der Waals surface area contributed by atoms with Gasteiger partial charge in [-0.2, -0.15) is 15.8 Å². The maximum atomic E-state index is 9.99. The second-order valence-electron chi connectivity index (χ2n) is 6.40. The third-order valence-electron chi connectivity index (χ3n) is 5.27. The van der Waals surface area contributed by atoms with Gasteiger partial charge in [-0.05, 0) is 18.9 Å². The van der Waals surface area contributed by atoms with Gasteiger partial charge in [0.1, 0.15) is 0 Å². The van der Waals surface area contributed by atoms with Gasteiger partial charge in [0.25, 0.3) is 0 Å². The number of nitriles is 3. The van der Waals surface area contributed by atoms with E-state index in [9.17, 15) is 15.8 Å². The van der Waals surface area contributed by atoms with Crippen molar-refractivity contribution in [2.45, 2.75) is 32.2 Å². The Morgan fingerprint density at radius 1 is 1.12 bits per heavy atom. The van der Waals surface area contributed by atoms with Crippen molar-refractivity contribution < 1.29 is 9.47 Å². The van der Waals surface area contributed by atoms with E-state index >= 15 is 0 Å². The first-order chi connectivity index (χ1) is 11.4. The zero-order chi connectivity index (χ0) is 17.6. The normalized spacial score (nSPS) is 36.0. The number of hydrogen-bond acceptors (Lipinski definition) is 6. The Bertz CT molecular complexity index is 802. The first kappa shape index (κ1) is 16.0. The first-order valence-corrected chi connectivity index (χ1v) is 7.63. The molecular formula is C18H16N4O2. The van der Waals surface area contributed by atoms with E-state index in [1.165, 1.54) is 0 Å². The van der Waals surface area contributed by atoms with Crippen LogP contribution < -0.4 is 0 Å². The predicted octanol–water partition coefficient (Wildman–Crippen LogP) is 2.53. The molecule has 1 N–H and O–H groups in total. The molecule has 4 atom stereocenters. The molecular weight excluding hydrogens is 304 g/mol. The maximum Gasteiger partial charge on any atom is 0.214 e. The van der Waals surface area contributed by atoms with Gasteiger partial charge in [0.05, 0.1) is 30.2 Å². The Kier molecular flexibility index (Phi) is 3.37. The summed E-state index contributed by atoms with van der Waals surface area (Å²) in [5, 5.41) is 37.8. The second kappa shape index (κ2) is 5.06. The van der Waals surface area contributed by atoms with Crippen LogP contribution in [0.25, 0.3) is 0 Å². The molecule has 0 aliphatic carbocycles. The van der Waals surface area contributed by atoms with Gasteiger partial charge in [0.2, 0.25) is 11.7 Å². The summed E-state index contributed by atoms with van der Waals surface area (Å²) in [6.45, 7) is 3.25. The second-order valence-corrected chi connectivity index (χ2v) is 6.40. The highest BCUT2D eigenvalue weighted by molar-refractivity contribution is 5.89. The highest BCUT2D eigenvalue weighted by atomic mass is 16.7. The van der Waals surface area contributed by atoms with E-state index in [1.54, 1.807) is 13.8 Å². The quantitative estimate of drug-likeness (QED) is 0.899. The number of fused-ring (bicyclic) bond motifs is 2. The van der Waals surface area contributed by atoms with E-state index in [2.05, 4.69) is 6.07 Å². The minimum Gasteiger partial charge on any atom is -0.448 e. The first-order valence-electron chi connectivity index (χ1n) is 7.63. The highest BCUT2D eigenvalue weighted by Gasteiger charge is 2.78. The van der Waals surface area contributed by atoms with Crippen molar-refractivity contribution >= 4 is 5.90 Å². The summed E-state index contributed by atoms with van der Waals surface area (Å²) in [6.07, 6.45) is -0.488. The smallest absolute Gasteiger partial charge is 0.214 e. The zero-order valence-electron chi connectivity index (χ0n) is 13.4. The standard InChI is InChI=1S/C18H16N4O2/c1-12-17(9-19,10-20)18(11-21)14(8-13-6-4-3-5-7-13)16(2,23-12)24-15(18)22/h3-7,12,14,22H,8H2,1-2H3. The van der Waals surface area contributed by atoms with Crippen molar-refractivity contribution in [1.29, 1.82) is 21.2 Å². The van der Waals surface area contributed by atoms with Gasteiger partial charge in [-0.25, -0.2) is 0 Å². The van der Waals surface area contributed by atoms with Gasteiger partial charge < -0.3 is 9.47 Å². The SMILES string of the molecule is CC1OC2(C)OC(=N)C(C#N)(C2Cc2ccccc2)C1(C#N)C#N. The van der Waals surface area contributed by atoms with Crippen molar-refractivity contribution in [3.63, 3.8) is 0 Å². The molecule has 4 unspecified atom stereocenters. The lowest BCUT2D eigenvalue weighted by molar-refractivity contribution is -0.264. The van der Waals surface area contributed by atoms with Gasteiger partial charge in [-0.3, -0.25) is 5.41 Å². The van der Waals surface area contributed by atoms with Crippen LogP contribution in [0.3, 0.4) is 0 Å². The Balaban J connectivity index is 2.22. The van der Waals surface area contributed by atoms with Crippen molar-refractivity contribution in [2.75, 3.05) is 0 Å². The van der Waals surface area contributed by atoms with Crippen LogP contribution >= 0.6 is 0 Å². The van der Waals surface area contributed by atoms with Gasteiger partial charge in [-0.15, -0.1) is 0 Å². The van der Waals surface area contributed by atoms with Crippen molar-refractivity contribution in [3.05, 3.63) is 35.9 Å². The number of ether oxygens (including phenoxy) is 2. The van der Waals surface area contributed by atoms with Crippen LogP contribution in [-0.2, 0) is 15.9 Å². The van der Waals surface area contributed by atoms with E-state index < -0.39 is 28.6 Å². The average molecular weight is 320 g/mol. The van der Waals surface area contributed by atoms with Crippen LogP contribution in [0.15, 0.2) is 30.3 Å². The molecule has 0 radical (unpaired) electrons. The summed E-state index contributed by atoms with van der Waals surface area (Å²) in [5.74, 6) is -2.22. The van der Waals surface area contributed by atoms with Gasteiger partial charge >= 0.3 is 0 Å². The Morgan fingerprint density at radius 2 is 1.75 bits per heavy atom. The highest BCUT2D eigenvalue weighted by Crippen LogP contribution is 2.63. The minimum absolute atomic E-state index is 0.360. The molecule has 0 saturated carbocycles. The Morgan fingerprint density at radius 3 is 2.29 bits per heavy atom. The maximum absolute atomic E-state index is 9.99. The Labute approximate surface area is 140 Å². The topological polar surface area (TPSA) is 114 Å². The molecule has 2 aliphatic rings. The largest absolute Gasteiger partial charge is 0.448 e. The summed E-state index contributed by atoms with van der Waals surface area (Å²) in [7, 11) is 0. The van der Waals surface area contributed by atoms with Crippen LogP contribution in [0.2, 0.25) is 0 Å². The average Bonchev–Trinajstić information content (AvgIpc) is 2.74. The molecule has 3 rings (SSSR count). The van der Waals surface area contributed by atoms with Crippen LogP contribution in [-0.4, -0.2) is 17.8 Å². The number of nitrogens with zero attached hydrogens (tertiary/aromatic N) is 3. The molecule has 1 aromatic rings. The number of hydrogen-bond donors (Lipinski definition) is 1. The van der Waals surface area contributed by atoms with Crippen LogP contribution in [0.1, 0.15) is 19.4 Å². The molecule has 6 heteroatoms. The predicted molar refractivity (Wildman–Crippen MR) is 83.1 cm³/mol. The van der Waals surface area contributed by atoms with E-state index in [0.717, 1.165) is 5.56 Å². The van der Waals surface area contributed by atoms with Gasteiger partial charge in [-0.1, -0.05) is 30.3 Å². The molecule has 2 fully saturated rings. The lowest BCUT2D eigenvalue weighted by Gasteiger charge is -2.47. The monoisotopic (exact) mass is 320 g/mol. The number of nitrogens with one attached hydrogen (secondary N) is 1. The van der Waals surface area contributed by atoms with Crippen LogP contribution in [0.5, 0.6) is 0 Å². The molecule has 120 valence electrons. The van der Waals surface area contributed by atoms with E-state index in [0.29, 0.717) is 6.42 Å². The lowest BCUT2D eigenvalue weighted by Crippen LogP contribution is -2.61. The fraction of sp³-hybridized carbons (Fsp3) is 0.444. The molecule has 24 heavy (non-hydrogen) atoms. The molecule has 0 amide bonds. The summed E-state index contributed by atoms with van der Waals surface area (Å²) in [4.78, 5) is 0. The molecule has 0 spiro atoms. The van der Waals surface area contributed by atoms with E-state index in [1.807, 2.05) is 42.5 Å². The van der Waals surface area contributed by atoms with Crippen LogP contribution in [0, 0.1) is 56.2 Å². The van der Waals surface area contributed by atoms with E-state index in [4.69, 9.17) is 14.9 Å². The Hall–Kier alpha value is -2.88. The van der Waals surface area contributed by atoms with Crippen molar-refractivity contribution in [2.24, 2.45) is 16.7 Å². The molecule has 6 nitrogen and oxygen atoms in total. The summed E-state index contributed by atoms with van der Waals surface area (Å²) in [6, 6.07) is 15.5. The minimum atomic E-state index is -1.80. The third kappa shape index (κ3) is 1.68. The van der Waals surface area contributed by atoms with Crippen LogP contribution in [0.4, 0.5) is 0 Å². The third-order valence-corrected chi connectivity index (χ3v) is 5.27. The van der Waals surface area contributed by atoms with Crippen molar-refractivity contribution in [3.8, 4) is 18.2 Å². The van der Waals surface area contributed by atoms with Crippen molar-refractivity contribution in [1.82, 2.24) is 0 Å². The summed E-state index contributed by atoms with van der Waals surface area (Å²) >= 11 is 0. The van der Waals surface area contributed by atoms with E-state index in [-0.39, 0.29) is 5.90 Å². The number of rotatable bonds is 2.